The van der Waals surface area contributed by atoms with Crippen LogP contribution in [0.5, 0.6) is 0 Å². The van der Waals surface area contributed by atoms with Crippen LogP contribution in [0.2, 0.25) is 0 Å². The minimum absolute atomic E-state index is 0.429. The van der Waals surface area contributed by atoms with E-state index in [9.17, 15) is 9.59 Å². The Morgan fingerprint density at radius 2 is 2.20 bits per heavy atom. The van der Waals surface area contributed by atoms with Crippen LogP contribution < -0.4 is 5.32 Å². The molecule has 0 saturated carbocycles. The first-order valence-electron chi connectivity index (χ1n) is 2.79. The second-order valence-electron chi connectivity index (χ2n) is 1.50. The molecule has 0 aromatic carbocycles. The predicted octanol–water partition coefficient (Wildman–Crippen LogP) is -0.183. The lowest BCUT2D eigenvalue weighted by molar-refractivity contribution is -0.140. The maximum atomic E-state index is 10.4. The van der Waals surface area contributed by atoms with E-state index in [0.29, 0.717) is 6.54 Å². The van der Waals surface area contributed by atoms with E-state index in [1.807, 2.05) is 0 Å². The van der Waals surface area contributed by atoms with Crippen molar-refractivity contribution in [2.24, 2.45) is 0 Å². The molecule has 0 unspecified atom stereocenters. The number of carbonyl (C=O) groups is 2. The summed E-state index contributed by atoms with van der Waals surface area (Å²) >= 11 is 0. The van der Waals surface area contributed by atoms with Gasteiger partial charge in [-0.1, -0.05) is 0 Å². The van der Waals surface area contributed by atoms with Gasteiger partial charge in [0.15, 0.2) is 6.61 Å². The van der Waals surface area contributed by atoms with Crippen LogP contribution in [0.1, 0.15) is 6.92 Å². The molecule has 0 bridgehead atoms. The fourth-order valence-electron chi connectivity index (χ4n) is 0.323. The van der Waals surface area contributed by atoms with Crippen LogP contribution in [0, 0.1) is 0 Å². The normalized spacial score (nSPS) is 8.50. The summed E-state index contributed by atoms with van der Waals surface area (Å²) in [6, 6.07) is 0. The molecule has 0 aliphatic rings. The van der Waals surface area contributed by atoms with Gasteiger partial charge in [0, 0.05) is 6.54 Å². The first-order valence-corrected chi connectivity index (χ1v) is 2.79. The van der Waals surface area contributed by atoms with Gasteiger partial charge in [-0.25, -0.2) is 9.59 Å². The summed E-state index contributed by atoms with van der Waals surface area (Å²) < 4.78 is 4.19. The van der Waals surface area contributed by atoms with E-state index < -0.39 is 18.7 Å². The number of carboxylic acids is 1. The molecule has 0 spiro atoms. The molecule has 0 aromatic rings. The quantitative estimate of drug-likeness (QED) is 0.580. The van der Waals surface area contributed by atoms with E-state index >= 15 is 0 Å². The van der Waals surface area contributed by atoms with Crippen molar-refractivity contribution in [3.63, 3.8) is 0 Å². The lowest BCUT2D eigenvalue weighted by Gasteiger charge is -2.00. The molecular weight excluding hydrogens is 138 g/mol. The maximum Gasteiger partial charge on any atom is 0.407 e. The first kappa shape index (κ1) is 8.74. The number of hydrogen-bond donors (Lipinski definition) is 2. The molecule has 0 heterocycles. The van der Waals surface area contributed by atoms with Crippen molar-refractivity contribution in [2.75, 3.05) is 13.2 Å². The van der Waals surface area contributed by atoms with Crippen molar-refractivity contribution >= 4 is 12.1 Å². The summed E-state index contributed by atoms with van der Waals surface area (Å²) in [5, 5.41) is 10.3. The Morgan fingerprint density at radius 1 is 1.60 bits per heavy atom. The van der Waals surface area contributed by atoms with Crippen molar-refractivity contribution < 1.29 is 19.4 Å². The molecule has 0 aromatic heterocycles. The summed E-state index contributed by atoms with van der Waals surface area (Å²) in [5.74, 6) is -1.16. The number of aliphatic carboxylic acids is 1. The molecule has 0 aliphatic heterocycles. The van der Waals surface area contributed by atoms with Gasteiger partial charge in [-0.15, -0.1) is 0 Å². The number of nitrogens with one attached hydrogen (secondary N) is 1. The third kappa shape index (κ3) is 4.89. The molecule has 2 N–H and O–H groups in total. The number of hydrogen-bond acceptors (Lipinski definition) is 3. The number of ether oxygens (including phenoxy) is 1. The molecule has 1 amide bonds. The minimum atomic E-state index is -1.16. The Labute approximate surface area is 58.0 Å². The van der Waals surface area contributed by atoms with Crippen LogP contribution in [0.4, 0.5) is 4.79 Å². The number of rotatable bonds is 3. The lowest BCUT2D eigenvalue weighted by atomic mass is 10.7. The van der Waals surface area contributed by atoms with Crippen molar-refractivity contribution in [1.29, 1.82) is 0 Å². The smallest absolute Gasteiger partial charge is 0.407 e. The third-order valence-corrected chi connectivity index (χ3v) is 0.648. The van der Waals surface area contributed by atoms with Gasteiger partial charge >= 0.3 is 12.1 Å². The second kappa shape index (κ2) is 4.60. The molecule has 5 heteroatoms. The molecule has 58 valence electrons. The molecule has 0 rings (SSSR count). The third-order valence-electron chi connectivity index (χ3n) is 0.648. The van der Waals surface area contributed by atoms with E-state index in [-0.39, 0.29) is 0 Å². The molecular formula is C5H9NO4. The molecule has 5 nitrogen and oxygen atoms in total. The van der Waals surface area contributed by atoms with Crippen molar-refractivity contribution in [2.45, 2.75) is 6.92 Å². The fourth-order valence-corrected chi connectivity index (χ4v) is 0.323. The summed E-state index contributed by atoms with van der Waals surface area (Å²) in [7, 11) is 0. The van der Waals surface area contributed by atoms with Gasteiger partial charge in [-0.2, -0.15) is 0 Å². The van der Waals surface area contributed by atoms with Gasteiger partial charge in [0.2, 0.25) is 0 Å². The van der Waals surface area contributed by atoms with Crippen LogP contribution in [0.3, 0.4) is 0 Å². The highest BCUT2D eigenvalue weighted by atomic mass is 16.6. The Balaban J connectivity index is 3.30. The largest absolute Gasteiger partial charge is 0.479 e. The minimum Gasteiger partial charge on any atom is -0.479 e. The van der Waals surface area contributed by atoms with Gasteiger partial charge in [-0.3, -0.25) is 0 Å². The lowest BCUT2D eigenvalue weighted by Crippen LogP contribution is -2.25. The fraction of sp³-hybridized carbons (Fsp3) is 0.600. The monoisotopic (exact) mass is 147 g/mol. The zero-order chi connectivity index (χ0) is 7.98. The standard InChI is InChI=1S/C5H9NO4/c1-2-6-5(9)10-3-4(7)8/h2-3H2,1H3,(H,6,9)(H,7,8). The zero-order valence-electron chi connectivity index (χ0n) is 5.59. The Bertz CT molecular complexity index is 134. The Morgan fingerprint density at radius 3 is 2.60 bits per heavy atom. The van der Waals surface area contributed by atoms with Crippen molar-refractivity contribution in [3.05, 3.63) is 0 Å². The van der Waals surface area contributed by atoms with Gasteiger partial charge in [-0.05, 0) is 6.92 Å². The summed E-state index contributed by atoms with van der Waals surface area (Å²) in [5.41, 5.74) is 0. The highest BCUT2D eigenvalue weighted by Gasteiger charge is 2.01. The predicted molar refractivity (Wildman–Crippen MR) is 32.7 cm³/mol. The molecule has 0 aliphatic carbocycles. The summed E-state index contributed by atoms with van der Waals surface area (Å²) in [6.07, 6.45) is -0.704. The van der Waals surface area contributed by atoms with Crippen LogP contribution in [0.15, 0.2) is 0 Å². The van der Waals surface area contributed by atoms with Crippen molar-refractivity contribution in [1.82, 2.24) is 5.32 Å². The maximum absolute atomic E-state index is 10.4. The van der Waals surface area contributed by atoms with Gasteiger partial charge in [0.1, 0.15) is 0 Å². The highest BCUT2D eigenvalue weighted by Crippen LogP contribution is 1.75. The zero-order valence-corrected chi connectivity index (χ0v) is 5.59. The van der Waals surface area contributed by atoms with Crippen LogP contribution in [-0.4, -0.2) is 30.3 Å². The number of amides is 1. The van der Waals surface area contributed by atoms with Gasteiger partial charge < -0.3 is 15.2 Å². The van der Waals surface area contributed by atoms with Gasteiger partial charge in [0.25, 0.3) is 0 Å². The molecule has 0 fully saturated rings. The highest BCUT2D eigenvalue weighted by molar-refractivity contribution is 5.73. The van der Waals surface area contributed by atoms with Crippen molar-refractivity contribution in [3.8, 4) is 0 Å². The number of alkyl carbamates (subject to hydrolysis) is 1. The van der Waals surface area contributed by atoms with Gasteiger partial charge in [0.05, 0.1) is 0 Å². The van der Waals surface area contributed by atoms with E-state index in [1.165, 1.54) is 0 Å². The Hall–Kier alpha value is -1.26. The van der Waals surface area contributed by atoms with E-state index in [1.54, 1.807) is 6.92 Å². The van der Waals surface area contributed by atoms with Crippen LogP contribution in [0.25, 0.3) is 0 Å². The first-order chi connectivity index (χ1) is 4.66. The van der Waals surface area contributed by atoms with E-state index in [4.69, 9.17) is 5.11 Å². The van der Waals surface area contributed by atoms with Crippen LogP contribution >= 0.6 is 0 Å². The van der Waals surface area contributed by atoms with E-state index in [2.05, 4.69) is 10.1 Å². The number of carboxylic acid groups (broad SMARTS) is 1. The van der Waals surface area contributed by atoms with Crippen LogP contribution in [-0.2, 0) is 9.53 Å². The molecule has 0 atom stereocenters. The molecule has 0 radical (unpaired) electrons. The molecule has 10 heavy (non-hydrogen) atoms. The second-order valence-corrected chi connectivity index (χ2v) is 1.50. The topological polar surface area (TPSA) is 75.6 Å². The summed E-state index contributed by atoms with van der Waals surface area (Å²) in [4.78, 5) is 20.2. The Kier molecular flexibility index (Phi) is 4.02. The summed E-state index contributed by atoms with van der Waals surface area (Å²) in [6.45, 7) is 1.55. The molecule has 0 saturated heterocycles. The average molecular weight is 147 g/mol. The number of carbonyl (C=O) groups excluding carboxylic acids is 1. The SMILES string of the molecule is CCNC(=O)OCC(=O)O. The average Bonchev–Trinajstić information content (AvgIpc) is 1.85. The van der Waals surface area contributed by atoms with E-state index in [0.717, 1.165) is 0 Å².